The van der Waals surface area contributed by atoms with Gasteiger partial charge in [0.15, 0.2) is 6.10 Å². The van der Waals surface area contributed by atoms with Crippen molar-refractivity contribution in [3.63, 3.8) is 0 Å². The Hall–Kier alpha value is -1.75. The fourth-order valence-electron chi connectivity index (χ4n) is 2.38. The summed E-state index contributed by atoms with van der Waals surface area (Å²) in [5, 5.41) is 3.43. The second-order valence-corrected chi connectivity index (χ2v) is 6.26. The molecule has 1 amide bonds. The van der Waals surface area contributed by atoms with Gasteiger partial charge in [-0.2, -0.15) is 0 Å². The number of halogens is 1. The lowest BCUT2D eigenvalue weighted by molar-refractivity contribution is -0.160. The third kappa shape index (κ3) is 3.53. The van der Waals surface area contributed by atoms with Gasteiger partial charge in [0.1, 0.15) is 12.4 Å². The van der Waals surface area contributed by atoms with Crippen molar-refractivity contribution in [2.45, 2.75) is 38.3 Å². The van der Waals surface area contributed by atoms with Crippen molar-refractivity contribution >= 4 is 23.5 Å². The van der Waals surface area contributed by atoms with Gasteiger partial charge in [0.05, 0.1) is 5.92 Å². The van der Waals surface area contributed by atoms with E-state index in [1.807, 2.05) is 0 Å². The summed E-state index contributed by atoms with van der Waals surface area (Å²) in [4.78, 5) is 24.0. The first kappa shape index (κ1) is 15.2. The van der Waals surface area contributed by atoms with Crippen molar-refractivity contribution < 1.29 is 19.1 Å². The van der Waals surface area contributed by atoms with Crippen LogP contribution in [-0.4, -0.2) is 30.6 Å². The van der Waals surface area contributed by atoms with Crippen LogP contribution in [0.5, 0.6) is 5.75 Å². The molecular formula is C16H18ClNO4. The van der Waals surface area contributed by atoms with Crippen LogP contribution in [0, 0.1) is 5.92 Å². The van der Waals surface area contributed by atoms with E-state index in [0.717, 1.165) is 24.2 Å². The van der Waals surface area contributed by atoms with Crippen molar-refractivity contribution in [1.29, 1.82) is 0 Å². The first-order valence-corrected chi connectivity index (χ1v) is 7.83. The number of hydrogen-bond donors (Lipinski definition) is 1. The minimum absolute atomic E-state index is 0.240. The zero-order valence-electron chi connectivity index (χ0n) is 12.3. The number of carbonyl (C=O) groups excluding carboxylic acids is 2. The molecule has 22 heavy (non-hydrogen) atoms. The molecule has 1 N–H and O–H groups in total. The molecule has 1 aliphatic heterocycles. The van der Waals surface area contributed by atoms with Crippen LogP contribution in [0.4, 0.5) is 0 Å². The number of ether oxygens (including phenoxy) is 2. The lowest BCUT2D eigenvalue weighted by Gasteiger charge is -2.25. The molecular weight excluding hydrogens is 306 g/mol. The van der Waals surface area contributed by atoms with Gasteiger partial charge in [0.2, 0.25) is 0 Å². The Bertz CT molecular complexity index is 600. The van der Waals surface area contributed by atoms with E-state index in [9.17, 15) is 9.59 Å². The molecule has 1 aromatic rings. The monoisotopic (exact) mass is 323 g/mol. The molecule has 0 saturated heterocycles. The van der Waals surface area contributed by atoms with Gasteiger partial charge < -0.3 is 14.8 Å². The first-order chi connectivity index (χ1) is 10.5. The largest absolute Gasteiger partial charge is 0.492 e. The minimum Gasteiger partial charge on any atom is -0.492 e. The van der Waals surface area contributed by atoms with Crippen LogP contribution in [0.3, 0.4) is 0 Å². The fourth-order valence-corrected chi connectivity index (χ4v) is 2.58. The van der Waals surface area contributed by atoms with E-state index in [2.05, 4.69) is 5.32 Å². The topological polar surface area (TPSA) is 64.6 Å². The van der Waals surface area contributed by atoms with Gasteiger partial charge in [-0.05, 0) is 49.9 Å². The quantitative estimate of drug-likeness (QED) is 0.862. The maximum atomic E-state index is 12.2. The van der Waals surface area contributed by atoms with Crippen LogP contribution in [0.25, 0.3) is 0 Å². The molecule has 0 bridgehead atoms. The smallest absolute Gasteiger partial charge is 0.313 e. The van der Waals surface area contributed by atoms with E-state index in [-0.39, 0.29) is 18.6 Å². The highest BCUT2D eigenvalue weighted by molar-refractivity contribution is 6.30. The summed E-state index contributed by atoms with van der Waals surface area (Å²) in [5.74, 6) is -0.324. The number of hydrogen-bond acceptors (Lipinski definition) is 4. The lowest BCUT2D eigenvalue weighted by atomic mass is 9.97. The molecule has 0 radical (unpaired) electrons. The number of esters is 1. The molecule has 1 fully saturated rings. The predicted molar refractivity (Wildman–Crippen MR) is 80.9 cm³/mol. The number of carbonyl (C=O) groups is 2. The standard InChI is InChI=1S/C16H18ClNO4/c1-9(15(19)18-13-3-4-13)22-16(20)11-6-10-7-12(17)2-5-14(10)21-8-11/h2,5,7,9,11,13H,3-4,6,8H2,1H3,(H,18,19)/t9-,11+/m1/s1. The predicted octanol–water partition coefficient (Wildman–Crippen LogP) is 2.10. The minimum atomic E-state index is -0.783. The molecule has 3 rings (SSSR count). The Labute approximate surface area is 133 Å². The summed E-state index contributed by atoms with van der Waals surface area (Å²) in [6.45, 7) is 1.84. The third-order valence-corrected chi connectivity index (χ3v) is 4.08. The number of amides is 1. The zero-order chi connectivity index (χ0) is 15.7. The normalized spacial score (nSPS) is 21.3. The molecule has 1 aliphatic carbocycles. The Morgan fingerprint density at radius 1 is 1.41 bits per heavy atom. The Balaban J connectivity index is 1.57. The van der Waals surface area contributed by atoms with Gasteiger partial charge in [-0.3, -0.25) is 9.59 Å². The second kappa shape index (κ2) is 6.16. The van der Waals surface area contributed by atoms with Crippen molar-refractivity contribution in [2.75, 3.05) is 6.61 Å². The second-order valence-electron chi connectivity index (χ2n) is 5.83. The Morgan fingerprint density at radius 3 is 2.91 bits per heavy atom. The van der Waals surface area contributed by atoms with Gasteiger partial charge in [-0.25, -0.2) is 0 Å². The fraction of sp³-hybridized carbons (Fsp3) is 0.500. The summed E-state index contributed by atoms with van der Waals surface area (Å²) >= 11 is 5.96. The van der Waals surface area contributed by atoms with E-state index in [4.69, 9.17) is 21.1 Å². The van der Waals surface area contributed by atoms with Crippen molar-refractivity contribution in [1.82, 2.24) is 5.32 Å². The molecule has 2 aliphatic rings. The molecule has 0 aromatic heterocycles. The summed E-state index contributed by atoms with van der Waals surface area (Å²) in [6, 6.07) is 5.59. The van der Waals surface area contributed by atoms with E-state index in [1.54, 1.807) is 25.1 Å². The molecule has 118 valence electrons. The third-order valence-electron chi connectivity index (χ3n) is 3.85. The van der Waals surface area contributed by atoms with Crippen LogP contribution in [0.2, 0.25) is 5.02 Å². The van der Waals surface area contributed by atoms with Gasteiger partial charge in [0, 0.05) is 11.1 Å². The van der Waals surface area contributed by atoms with Gasteiger partial charge in [-0.1, -0.05) is 11.6 Å². The van der Waals surface area contributed by atoms with E-state index < -0.39 is 18.0 Å². The van der Waals surface area contributed by atoms with Crippen molar-refractivity contribution in [3.05, 3.63) is 28.8 Å². The summed E-state index contributed by atoms with van der Waals surface area (Å²) in [7, 11) is 0. The average molecular weight is 324 g/mol. The highest BCUT2D eigenvalue weighted by Gasteiger charge is 2.31. The zero-order valence-corrected chi connectivity index (χ0v) is 13.1. The number of rotatable bonds is 4. The molecule has 6 heteroatoms. The number of nitrogens with one attached hydrogen (secondary N) is 1. The summed E-state index contributed by atoms with van der Waals surface area (Å²) < 4.78 is 10.8. The maximum absolute atomic E-state index is 12.2. The van der Waals surface area contributed by atoms with Crippen molar-refractivity contribution in [3.8, 4) is 5.75 Å². The molecule has 0 spiro atoms. The molecule has 1 aromatic carbocycles. The lowest BCUT2D eigenvalue weighted by Crippen LogP contribution is -2.39. The van der Waals surface area contributed by atoms with Crippen LogP contribution in [0.1, 0.15) is 25.3 Å². The first-order valence-electron chi connectivity index (χ1n) is 7.45. The highest BCUT2D eigenvalue weighted by atomic mass is 35.5. The van der Waals surface area contributed by atoms with Crippen LogP contribution in [-0.2, 0) is 20.7 Å². The van der Waals surface area contributed by atoms with Crippen LogP contribution >= 0.6 is 11.6 Å². The summed E-state index contributed by atoms with van der Waals surface area (Å²) in [5.41, 5.74) is 0.885. The van der Waals surface area contributed by atoms with Gasteiger partial charge in [-0.15, -0.1) is 0 Å². The van der Waals surface area contributed by atoms with Gasteiger partial charge in [0.25, 0.3) is 5.91 Å². The number of fused-ring (bicyclic) bond motifs is 1. The molecule has 5 nitrogen and oxygen atoms in total. The molecule has 1 heterocycles. The van der Waals surface area contributed by atoms with E-state index in [0.29, 0.717) is 11.4 Å². The highest BCUT2D eigenvalue weighted by Crippen LogP contribution is 2.30. The van der Waals surface area contributed by atoms with E-state index >= 15 is 0 Å². The maximum Gasteiger partial charge on any atom is 0.313 e. The van der Waals surface area contributed by atoms with E-state index in [1.165, 1.54) is 0 Å². The SMILES string of the molecule is C[C@@H](OC(=O)[C@@H]1COc2ccc(Cl)cc2C1)C(=O)NC1CC1. The summed E-state index contributed by atoms with van der Waals surface area (Å²) in [6.07, 6.45) is 1.72. The van der Waals surface area contributed by atoms with Gasteiger partial charge >= 0.3 is 5.97 Å². The Morgan fingerprint density at radius 2 is 2.18 bits per heavy atom. The average Bonchev–Trinajstić information content (AvgIpc) is 3.30. The number of benzene rings is 1. The Kier molecular flexibility index (Phi) is 4.25. The molecule has 0 unspecified atom stereocenters. The molecule has 1 saturated carbocycles. The van der Waals surface area contributed by atoms with Crippen LogP contribution in [0.15, 0.2) is 18.2 Å². The van der Waals surface area contributed by atoms with Crippen LogP contribution < -0.4 is 10.1 Å². The van der Waals surface area contributed by atoms with Crippen molar-refractivity contribution in [2.24, 2.45) is 5.92 Å². The molecule has 2 atom stereocenters.